The highest BCUT2D eigenvalue weighted by molar-refractivity contribution is 7.07. The smallest absolute Gasteiger partial charge is 0.114 e. The van der Waals surface area contributed by atoms with E-state index in [1.807, 2.05) is 5.38 Å². The summed E-state index contributed by atoms with van der Waals surface area (Å²) in [5, 5.41) is 1.96. The van der Waals surface area contributed by atoms with Crippen LogP contribution in [0.4, 0.5) is 0 Å². The molecule has 4 nitrogen and oxygen atoms in total. The molecule has 0 amide bonds. The van der Waals surface area contributed by atoms with Crippen molar-refractivity contribution in [1.82, 2.24) is 4.98 Å². The van der Waals surface area contributed by atoms with E-state index >= 15 is 0 Å². The molecule has 78 valence electrons. The van der Waals surface area contributed by atoms with Crippen molar-refractivity contribution in [2.24, 2.45) is 5.73 Å². The minimum absolute atomic E-state index is 0.193. The molecule has 1 fully saturated rings. The Kier molecular flexibility index (Phi) is 2.83. The number of nitrogens with zero attached hydrogens (tertiary/aromatic N) is 1. The first-order valence-corrected chi connectivity index (χ1v) is 5.49. The van der Waals surface area contributed by atoms with Gasteiger partial charge in [-0.25, -0.2) is 4.98 Å². The van der Waals surface area contributed by atoms with Gasteiger partial charge in [0.2, 0.25) is 0 Å². The number of hydrogen-bond acceptors (Lipinski definition) is 5. The molecular weight excluding hydrogens is 200 g/mol. The van der Waals surface area contributed by atoms with E-state index in [-0.39, 0.29) is 11.6 Å². The fraction of sp³-hybridized carbons (Fsp3) is 0.667. The van der Waals surface area contributed by atoms with E-state index in [4.69, 9.17) is 15.2 Å². The van der Waals surface area contributed by atoms with Crippen molar-refractivity contribution < 1.29 is 9.47 Å². The summed E-state index contributed by atoms with van der Waals surface area (Å²) < 4.78 is 10.8. The van der Waals surface area contributed by atoms with Gasteiger partial charge in [-0.15, -0.1) is 11.3 Å². The molecule has 0 radical (unpaired) electrons. The van der Waals surface area contributed by atoms with Crippen molar-refractivity contribution in [2.45, 2.75) is 18.1 Å². The fourth-order valence-electron chi connectivity index (χ4n) is 1.74. The normalized spacial score (nSPS) is 29.3. The number of thiazole rings is 1. The number of ether oxygens (including phenoxy) is 2. The Labute approximate surface area is 87.0 Å². The molecule has 0 aliphatic carbocycles. The zero-order valence-corrected chi connectivity index (χ0v) is 8.92. The van der Waals surface area contributed by atoms with Gasteiger partial charge in [-0.3, -0.25) is 0 Å². The van der Waals surface area contributed by atoms with E-state index in [2.05, 4.69) is 4.98 Å². The van der Waals surface area contributed by atoms with E-state index in [1.165, 1.54) is 0 Å². The molecule has 1 aliphatic heterocycles. The Morgan fingerprint density at radius 1 is 1.79 bits per heavy atom. The summed E-state index contributed by atoms with van der Waals surface area (Å²) in [6.07, 6.45) is 0.836. The molecule has 2 N–H and O–H groups in total. The van der Waals surface area contributed by atoms with E-state index in [9.17, 15) is 0 Å². The van der Waals surface area contributed by atoms with E-state index in [0.717, 1.165) is 12.1 Å². The van der Waals surface area contributed by atoms with Gasteiger partial charge in [0.05, 0.1) is 23.9 Å². The summed E-state index contributed by atoms with van der Waals surface area (Å²) >= 11 is 1.55. The molecule has 14 heavy (non-hydrogen) atoms. The number of aromatic nitrogens is 1. The zero-order chi connectivity index (χ0) is 10.0. The number of rotatable bonds is 3. The topological polar surface area (TPSA) is 57.4 Å². The monoisotopic (exact) mass is 214 g/mol. The van der Waals surface area contributed by atoms with E-state index in [1.54, 1.807) is 24.0 Å². The molecule has 0 aromatic carbocycles. The Hall–Kier alpha value is -0.490. The van der Waals surface area contributed by atoms with Gasteiger partial charge >= 0.3 is 0 Å². The molecule has 0 spiro atoms. The molecule has 5 heteroatoms. The third-order valence-electron chi connectivity index (χ3n) is 2.76. The first-order chi connectivity index (χ1) is 6.78. The lowest BCUT2D eigenvalue weighted by atomic mass is 9.92. The van der Waals surface area contributed by atoms with Gasteiger partial charge in [0.15, 0.2) is 0 Å². The van der Waals surface area contributed by atoms with Gasteiger partial charge in [-0.2, -0.15) is 0 Å². The molecule has 2 atom stereocenters. The second kappa shape index (κ2) is 3.94. The predicted octanol–water partition coefficient (Wildman–Crippen LogP) is 0.948. The van der Waals surface area contributed by atoms with Gasteiger partial charge in [0.1, 0.15) is 5.60 Å². The average molecular weight is 214 g/mol. The van der Waals surface area contributed by atoms with Crippen LogP contribution in [-0.4, -0.2) is 30.9 Å². The van der Waals surface area contributed by atoms with Crippen molar-refractivity contribution in [2.75, 3.05) is 20.3 Å². The third-order valence-corrected chi connectivity index (χ3v) is 3.36. The molecule has 1 saturated heterocycles. The minimum Gasteiger partial charge on any atom is -0.378 e. The fourth-order valence-corrected chi connectivity index (χ4v) is 2.33. The minimum atomic E-state index is -0.381. The Morgan fingerprint density at radius 3 is 3.14 bits per heavy atom. The number of nitrogens with two attached hydrogens (primary N) is 1. The summed E-state index contributed by atoms with van der Waals surface area (Å²) in [7, 11) is 1.68. The quantitative estimate of drug-likeness (QED) is 0.814. The van der Waals surface area contributed by atoms with Crippen LogP contribution < -0.4 is 5.73 Å². The molecule has 2 rings (SSSR count). The van der Waals surface area contributed by atoms with Gasteiger partial charge in [0.25, 0.3) is 0 Å². The maximum Gasteiger partial charge on any atom is 0.114 e. The zero-order valence-electron chi connectivity index (χ0n) is 8.10. The lowest BCUT2D eigenvalue weighted by Gasteiger charge is -2.31. The van der Waals surface area contributed by atoms with Crippen LogP contribution in [0.15, 0.2) is 10.9 Å². The van der Waals surface area contributed by atoms with Crippen LogP contribution in [0.2, 0.25) is 0 Å². The Balaban J connectivity index is 2.19. The standard InChI is InChI=1S/C9H14N2O2S/c1-12-9(2-3-13-5-9)8(10)7-4-14-6-11-7/h4,6,8H,2-3,5,10H2,1H3. The van der Waals surface area contributed by atoms with Crippen molar-refractivity contribution in [1.29, 1.82) is 0 Å². The average Bonchev–Trinajstić information content (AvgIpc) is 2.89. The molecule has 2 unspecified atom stereocenters. The van der Waals surface area contributed by atoms with Gasteiger partial charge in [-0.1, -0.05) is 0 Å². The molecule has 1 aliphatic rings. The first kappa shape index (κ1) is 10.0. The maximum absolute atomic E-state index is 6.13. The largest absolute Gasteiger partial charge is 0.378 e. The number of methoxy groups -OCH3 is 1. The summed E-state index contributed by atoms with van der Waals surface area (Å²) in [6.45, 7) is 1.27. The van der Waals surface area contributed by atoms with Crippen LogP contribution in [0, 0.1) is 0 Å². The molecular formula is C9H14N2O2S. The maximum atomic E-state index is 6.13. The summed E-state index contributed by atoms with van der Waals surface area (Å²) in [6, 6.07) is -0.193. The summed E-state index contributed by atoms with van der Waals surface area (Å²) in [5.74, 6) is 0. The van der Waals surface area contributed by atoms with Crippen molar-refractivity contribution in [3.05, 3.63) is 16.6 Å². The van der Waals surface area contributed by atoms with Crippen LogP contribution >= 0.6 is 11.3 Å². The SMILES string of the molecule is COC1(C(N)c2cscn2)CCOC1. The molecule has 0 saturated carbocycles. The molecule has 1 aromatic rings. The predicted molar refractivity (Wildman–Crippen MR) is 54.2 cm³/mol. The molecule has 0 bridgehead atoms. The highest BCUT2D eigenvalue weighted by atomic mass is 32.1. The summed E-state index contributed by atoms with van der Waals surface area (Å²) in [5.41, 5.74) is 8.43. The van der Waals surface area contributed by atoms with Crippen LogP contribution in [-0.2, 0) is 9.47 Å². The third kappa shape index (κ3) is 1.56. The van der Waals surface area contributed by atoms with Crippen LogP contribution in [0.25, 0.3) is 0 Å². The van der Waals surface area contributed by atoms with Gasteiger partial charge in [0, 0.05) is 25.5 Å². The van der Waals surface area contributed by atoms with Crippen LogP contribution in [0.1, 0.15) is 18.2 Å². The highest BCUT2D eigenvalue weighted by Gasteiger charge is 2.42. The lowest BCUT2D eigenvalue weighted by molar-refractivity contribution is -0.0377. The lowest BCUT2D eigenvalue weighted by Crippen LogP contribution is -2.43. The van der Waals surface area contributed by atoms with Crippen LogP contribution in [0.5, 0.6) is 0 Å². The van der Waals surface area contributed by atoms with Crippen LogP contribution in [0.3, 0.4) is 0 Å². The number of hydrogen-bond donors (Lipinski definition) is 1. The molecule has 2 heterocycles. The Morgan fingerprint density at radius 2 is 2.64 bits per heavy atom. The summed E-state index contributed by atoms with van der Waals surface area (Å²) in [4.78, 5) is 4.21. The van der Waals surface area contributed by atoms with E-state index < -0.39 is 0 Å². The second-order valence-corrected chi connectivity index (χ2v) is 4.18. The second-order valence-electron chi connectivity index (χ2n) is 3.46. The first-order valence-electron chi connectivity index (χ1n) is 4.55. The van der Waals surface area contributed by atoms with Gasteiger partial charge in [-0.05, 0) is 0 Å². The Bertz CT molecular complexity index is 283. The van der Waals surface area contributed by atoms with E-state index in [0.29, 0.717) is 13.2 Å². The highest BCUT2D eigenvalue weighted by Crippen LogP contribution is 2.33. The molecule has 1 aromatic heterocycles. The van der Waals surface area contributed by atoms with Gasteiger partial charge < -0.3 is 15.2 Å². The van der Waals surface area contributed by atoms with Crippen molar-refractivity contribution >= 4 is 11.3 Å². The van der Waals surface area contributed by atoms with Crippen molar-refractivity contribution in [3.8, 4) is 0 Å². The van der Waals surface area contributed by atoms with Crippen molar-refractivity contribution in [3.63, 3.8) is 0 Å².